The van der Waals surface area contributed by atoms with Gasteiger partial charge in [0, 0.05) is 15.8 Å². The van der Waals surface area contributed by atoms with E-state index >= 15 is 0 Å². The number of hydrogen-bond acceptors (Lipinski definition) is 3. The van der Waals surface area contributed by atoms with Gasteiger partial charge < -0.3 is 10.1 Å². The SMILES string of the molecule is [2H]C1([2H])CO[C@H](c2ccc(F)cn2)CN1. The number of nitrogens with zero attached hydrogens (tertiary/aromatic N) is 1. The third-order valence-electron chi connectivity index (χ3n) is 1.85. The van der Waals surface area contributed by atoms with E-state index in [1.54, 1.807) is 6.07 Å². The molecule has 0 unspecified atom stereocenters. The molecule has 0 aromatic carbocycles. The van der Waals surface area contributed by atoms with E-state index < -0.39 is 12.3 Å². The van der Waals surface area contributed by atoms with Crippen LogP contribution in [0.25, 0.3) is 0 Å². The van der Waals surface area contributed by atoms with Crippen LogP contribution in [0.1, 0.15) is 14.5 Å². The molecule has 1 aromatic rings. The Morgan fingerprint density at radius 2 is 2.62 bits per heavy atom. The third-order valence-corrected chi connectivity index (χ3v) is 1.85. The molecule has 1 fully saturated rings. The van der Waals surface area contributed by atoms with Gasteiger partial charge in [-0.25, -0.2) is 4.39 Å². The van der Waals surface area contributed by atoms with Gasteiger partial charge in [-0.1, -0.05) is 0 Å². The maximum absolute atomic E-state index is 12.6. The molecule has 1 aliphatic rings. The molecule has 0 radical (unpaired) electrons. The number of rotatable bonds is 1. The van der Waals surface area contributed by atoms with Crippen LogP contribution in [0.4, 0.5) is 4.39 Å². The molecule has 4 heteroatoms. The van der Waals surface area contributed by atoms with Crippen molar-refractivity contribution in [2.45, 2.75) is 6.10 Å². The molecule has 1 aromatic heterocycles. The van der Waals surface area contributed by atoms with Gasteiger partial charge in [-0.05, 0) is 12.1 Å². The molecule has 1 N–H and O–H groups in total. The molecule has 0 amide bonds. The standard InChI is InChI=1S/C9H11FN2O/c10-7-1-2-8(12-5-7)9-6-11-3-4-13-9/h1-2,5,9,11H,3-4,6H2/t9-/m0/s1/i3D2. The van der Waals surface area contributed by atoms with Crippen molar-refractivity contribution in [1.82, 2.24) is 10.3 Å². The molecule has 0 bridgehead atoms. The zero-order chi connectivity index (χ0) is 10.9. The minimum absolute atomic E-state index is 0.0310. The van der Waals surface area contributed by atoms with E-state index in [2.05, 4.69) is 10.3 Å². The minimum atomic E-state index is -1.49. The Balaban J connectivity index is 2.04. The summed E-state index contributed by atoms with van der Waals surface area (Å²) < 4.78 is 32.6. The van der Waals surface area contributed by atoms with Crippen LogP contribution in [0.15, 0.2) is 18.3 Å². The van der Waals surface area contributed by atoms with Crippen molar-refractivity contribution in [3.63, 3.8) is 0 Å². The summed E-state index contributed by atoms with van der Waals surface area (Å²) in [4.78, 5) is 3.89. The lowest BCUT2D eigenvalue weighted by Crippen LogP contribution is -2.33. The molecular weight excluding hydrogens is 171 g/mol. The highest BCUT2D eigenvalue weighted by Gasteiger charge is 2.16. The van der Waals surface area contributed by atoms with Crippen molar-refractivity contribution in [3.8, 4) is 0 Å². The van der Waals surface area contributed by atoms with Gasteiger partial charge in [0.15, 0.2) is 0 Å². The Hall–Kier alpha value is -1.00. The zero-order valence-electron chi connectivity index (χ0n) is 8.96. The molecule has 0 spiro atoms. The molecule has 2 rings (SSSR count). The van der Waals surface area contributed by atoms with Crippen molar-refractivity contribution in [3.05, 3.63) is 29.8 Å². The number of morpholine rings is 1. The summed E-state index contributed by atoms with van der Waals surface area (Å²) in [5.41, 5.74) is 0.611. The number of pyridine rings is 1. The summed E-state index contributed by atoms with van der Waals surface area (Å²) in [5.74, 6) is -0.391. The lowest BCUT2D eigenvalue weighted by Gasteiger charge is -2.22. The largest absolute Gasteiger partial charge is 0.369 e. The minimum Gasteiger partial charge on any atom is -0.369 e. The van der Waals surface area contributed by atoms with Gasteiger partial charge >= 0.3 is 0 Å². The fourth-order valence-corrected chi connectivity index (χ4v) is 1.18. The number of ether oxygens (including phenoxy) is 1. The summed E-state index contributed by atoms with van der Waals surface area (Å²) in [7, 11) is 0. The van der Waals surface area contributed by atoms with E-state index in [-0.39, 0.29) is 12.7 Å². The fraction of sp³-hybridized carbons (Fsp3) is 0.444. The van der Waals surface area contributed by atoms with Crippen LogP contribution in [0.3, 0.4) is 0 Å². The first-order valence-corrected chi connectivity index (χ1v) is 4.05. The third kappa shape index (κ3) is 2.02. The van der Waals surface area contributed by atoms with Gasteiger partial charge in [0.2, 0.25) is 0 Å². The second-order valence-electron chi connectivity index (χ2n) is 2.76. The van der Waals surface area contributed by atoms with Crippen LogP contribution in [0.5, 0.6) is 0 Å². The van der Waals surface area contributed by atoms with E-state index in [4.69, 9.17) is 7.48 Å². The van der Waals surface area contributed by atoms with E-state index in [0.717, 1.165) is 6.20 Å². The van der Waals surface area contributed by atoms with Crippen LogP contribution in [0, 0.1) is 5.82 Å². The van der Waals surface area contributed by atoms with Crippen molar-refractivity contribution in [1.29, 1.82) is 0 Å². The van der Waals surface area contributed by atoms with Crippen molar-refractivity contribution in [2.24, 2.45) is 0 Å². The molecule has 0 aliphatic carbocycles. The average Bonchev–Trinajstić information content (AvgIpc) is 2.20. The monoisotopic (exact) mass is 184 g/mol. The summed E-state index contributed by atoms with van der Waals surface area (Å²) >= 11 is 0. The molecule has 1 aliphatic heterocycles. The van der Waals surface area contributed by atoms with E-state index in [9.17, 15) is 4.39 Å². The summed E-state index contributed by atoms with van der Waals surface area (Å²) in [5, 5.41) is 2.70. The van der Waals surface area contributed by atoms with Crippen LogP contribution >= 0.6 is 0 Å². The average molecular weight is 184 g/mol. The molecule has 1 atom stereocenters. The topological polar surface area (TPSA) is 34.1 Å². The second kappa shape index (κ2) is 3.81. The Labute approximate surface area is 78.7 Å². The van der Waals surface area contributed by atoms with E-state index in [0.29, 0.717) is 12.2 Å². The van der Waals surface area contributed by atoms with Gasteiger partial charge in [0.05, 0.1) is 18.5 Å². The highest BCUT2D eigenvalue weighted by atomic mass is 19.1. The Kier molecular flexibility index (Phi) is 1.89. The Morgan fingerprint density at radius 3 is 3.23 bits per heavy atom. The van der Waals surface area contributed by atoms with Crippen LogP contribution in [-0.4, -0.2) is 24.6 Å². The molecule has 13 heavy (non-hydrogen) atoms. The van der Waals surface area contributed by atoms with Crippen LogP contribution in [0.2, 0.25) is 0 Å². The highest BCUT2D eigenvalue weighted by molar-refractivity contribution is 5.09. The van der Waals surface area contributed by atoms with E-state index in [1.165, 1.54) is 6.07 Å². The highest BCUT2D eigenvalue weighted by Crippen LogP contribution is 2.15. The normalized spacial score (nSPS) is 29.2. The Morgan fingerprint density at radius 1 is 1.69 bits per heavy atom. The van der Waals surface area contributed by atoms with Crippen molar-refractivity contribution < 1.29 is 11.9 Å². The van der Waals surface area contributed by atoms with Crippen LogP contribution in [-0.2, 0) is 4.74 Å². The predicted molar refractivity (Wildman–Crippen MR) is 45.8 cm³/mol. The zero-order valence-corrected chi connectivity index (χ0v) is 6.96. The van der Waals surface area contributed by atoms with Crippen LogP contribution < -0.4 is 5.32 Å². The van der Waals surface area contributed by atoms with Gasteiger partial charge in [0.25, 0.3) is 0 Å². The van der Waals surface area contributed by atoms with Gasteiger partial charge in [-0.15, -0.1) is 0 Å². The number of nitrogens with one attached hydrogen (secondary N) is 1. The quantitative estimate of drug-likeness (QED) is 0.703. The number of halogens is 1. The first-order chi connectivity index (χ1) is 7.07. The first-order valence-electron chi connectivity index (χ1n) is 5.05. The van der Waals surface area contributed by atoms with E-state index in [1.807, 2.05) is 0 Å². The van der Waals surface area contributed by atoms with Gasteiger partial charge in [-0.3, -0.25) is 4.98 Å². The predicted octanol–water partition coefficient (Wildman–Crippen LogP) is 0.882. The molecule has 1 saturated heterocycles. The van der Waals surface area contributed by atoms with Gasteiger partial charge in [0.1, 0.15) is 11.9 Å². The number of hydrogen-bond donors (Lipinski definition) is 1. The molecular formula is C9H11FN2O. The first kappa shape index (κ1) is 6.45. The molecule has 70 valence electrons. The maximum Gasteiger partial charge on any atom is 0.141 e. The summed E-state index contributed by atoms with van der Waals surface area (Å²) in [6.07, 6.45) is 0.816. The van der Waals surface area contributed by atoms with Gasteiger partial charge in [-0.2, -0.15) is 0 Å². The van der Waals surface area contributed by atoms with Crippen molar-refractivity contribution in [2.75, 3.05) is 19.6 Å². The number of aromatic nitrogens is 1. The second-order valence-corrected chi connectivity index (χ2v) is 2.76. The lowest BCUT2D eigenvalue weighted by molar-refractivity contribution is 0.0249. The summed E-state index contributed by atoms with van der Waals surface area (Å²) in [6.45, 7) is -1.18. The fourth-order valence-electron chi connectivity index (χ4n) is 1.18. The Bertz CT molecular complexity index is 334. The lowest BCUT2D eigenvalue weighted by atomic mass is 10.2. The maximum atomic E-state index is 12.6. The molecule has 0 saturated carbocycles. The molecule has 2 heterocycles. The van der Waals surface area contributed by atoms with Crippen molar-refractivity contribution >= 4 is 0 Å². The molecule has 3 nitrogen and oxygen atoms in total. The smallest absolute Gasteiger partial charge is 0.141 e. The summed E-state index contributed by atoms with van der Waals surface area (Å²) in [6, 6.07) is 2.86.